The van der Waals surface area contributed by atoms with Crippen LogP contribution in [0.3, 0.4) is 0 Å². The van der Waals surface area contributed by atoms with Gasteiger partial charge in [-0.1, -0.05) is 58.9 Å². The predicted octanol–water partition coefficient (Wildman–Crippen LogP) is 6.55. The first-order chi connectivity index (χ1) is 14.9. The van der Waals surface area contributed by atoms with Crippen LogP contribution in [0.25, 0.3) is 6.08 Å². The summed E-state index contributed by atoms with van der Waals surface area (Å²) < 4.78 is 41.3. The van der Waals surface area contributed by atoms with E-state index in [4.69, 9.17) is 34.8 Å². The van der Waals surface area contributed by atoms with Crippen LogP contribution in [0.1, 0.15) is 34.3 Å². The molecule has 0 aromatic heterocycles. The second-order valence-electron chi connectivity index (χ2n) is 6.20. The van der Waals surface area contributed by atoms with E-state index in [0.717, 1.165) is 18.2 Å². The van der Waals surface area contributed by atoms with Crippen LogP contribution >= 0.6 is 50.7 Å². The first kappa shape index (κ1) is 26.1. The van der Waals surface area contributed by atoms with Gasteiger partial charge in [-0.2, -0.15) is 13.2 Å². The minimum atomic E-state index is -4.62. The standard InChI is InChI=1S/C21H13BrCl3F3N2O2/c1-2-3-18(31)29-30-20(32)13-6-4-11(8-15(13)22)5-7-14(21(26,27)28)12-9-16(23)19(25)17(24)10-12/h4-10,14H,1H3,(H,29,31)(H,30,32)/b7-5+. The van der Waals surface area contributed by atoms with Crippen molar-refractivity contribution in [1.29, 1.82) is 0 Å². The van der Waals surface area contributed by atoms with Crippen molar-refractivity contribution in [2.45, 2.75) is 19.0 Å². The number of hydrazine groups is 1. The molecule has 0 aliphatic rings. The topological polar surface area (TPSA) is 58.2 Å². The number of benzene rings is 2. The summed E-state index contributed by atoms with van der Waals surface area (Å²) in [5.41, 5.74) is 4.65. The van der Waals surface area contributed by atoms with Gasteiger partial charge in [0.15, 0.2) is 0 Å². The predicted molar refractivity (Wildman–Crippen MR) is 123 cm³/mol. The molecule has 1 atom stereocenters. The summed E-state index contributed by atoms with van der Waals surface area (Å²) in [4.78, 5) is 23.4. The van der Waals surface area contributed by atoms with Crippen LogP contribution in [0, 0.1) is 11.8 Å². The monoisotopic (exact) mass is 566 g/mol. The highest BCUT2D eigenvalue weighted by atomic mass is 79.9. The second-order valence-corrected chi connectivity index (χ2v) is 8.25. The van der Waals surface area contributed by atoms with E-state index in [0.29, 0.717) is 10.0 Å². The maximum Gasteiger partial charge on any atom is 0.399 e. The maximum atomic E-state index is 13.6. The van der Waals surface area contributed by atoms with Gasteiger partial charge in [-0.15, -0.1) is 0 Å². The van der Waals surface area contributed by atoms with E-state index in [-0.39, 0.29) is 26.2 Å². The Labute approximate surface area is 205 Å². The summed E-state index contributed by atoms with van der Waals surface area (Å²) in [6, 6.07) is 6.50. The summed E-state index contributed by atoms with van der Waals surface area (Å²) in [6.45, 7) is 1.46. The summed E-state index contributed by atoms with van der Waals surface area (Å²) in [6.07, 6.45) is -2.42. The number of nitrogens with one attached hydrogen (secondary N) is 2. The Kier molecular flexibility index (Phi) is 9.05. The Hall–Kier alpha value is -2.18. The average molecular weight is 569 g/mol. The molecule has 2 aromatic rings. The minimum Gasteiger partial charge on any atom is -0.267 e. The Morgan fingerprint density at radius 2 is 1.72 bits per heavy atom. The molecule has 0 aliphatic carbocycles. The molecule has 0 saturated carbocycles. The fourth-order valence-corrected chi connectivity index (χ4v) is 3.71. The van der Waals surface area contributed by atoms with Crippen molar-refractivity contribution in [3.8, 4) is 11.8 Å². The normalized spacial score (nSPS) is 12.1. The molecule has 2 amide bonds. The van der Waals surface area contributed by atoms with Crippen LogP contribution in [0.4, 0.5) is 13.2 Å². The second kappa shape index (κ2) is 11.1. The molecule has 168 valence electrons. The highest BCUT2D eigenvalue weighted by molar-refractivity contribution is 9.10. The lowest BCUT2D eigenvalue weighted by molar-refractivity contribution is -0.139. The van der Waals surface area contributed by atoms with Gasteiger partial charge in [0.05, 0.1) is 26.5 Å². The van der Waals surface area contributed by atoms with Gasteiger partial charge in [0, 0.05) is 4.47 Å². The van der Waals surface area contributed by atoms with Gasteiger partial charge in [-0.3, -0.25) is 20.4 Å². The summed E-state index contributed by atoms with van der Waals surface area (Å²) in [7, 11) is 0. The Balaban J connectivity index is 2.26. The number of carbonyl (C=O) groups excluding carboxylic acids is 2. The van der Waals surface area contributed by atoms with Gasteiger partial charge in [0.25, 0.3) is 5.91 Å². The van der Waals surface area contributed by atoms with Crippen molar-refractivity contribution >= 4 is 68.6 Å². The number of carbonyl (C=O) groups is 2. The fraction of sp³-hybridized carbons (Fsp3) is 0.143. The number of halogens is 7. The third-order valence-corrected chi connectivity index (χ3v) is 5.82. The number of hydrogen-bond donors (Lipinski definition) is 2. The highest BCUT2D eigenvalue weighted by Crippen LogP contribution is 2.41. The van der Waals surface area contributed by atoms with E-state index >= 15 is 0 Å². The summed E-state index contributed by atoms with van der Waals surface area (Å²) >= 11 is 20.8. The van der Waals surface area contributed by atoms with Crippen molar-refractivity contribution in [1.82, 2.24) is 10.9 Å². The SMILES string of the molecule is CC#CC(=O)NNC(=O)c1ccc(/C=C/C(c2cc(Cl)c(Cl)c(Cl)c2)C(F)(F)F)cc1Br. The molecule has 0 heterocycles. The quantitative estimate of drug-likeness (QED) is 0.250. The van der Waals surface area contributed by atoms with Crippen molar-refractivity contribution in [3.63, 3.8) is 0 Å². The maximum absolute atomic E-state index is 13.6. The smallest absolute Gasteiger partial charge is 0.267 e. The van der Waals surface area contributed by atoms with Crippen LogP contribution < -0.4 is 10.9 Å². The van der Waals surface area contributed by atoms with E-state index in [2.05, 4.69) is 38.6 Å². The van der Waals surface area contributed by atoms with Gasteiger partial charge in [-0.05, 0) is 64.2 Å². The first-order valence-corrected chi connectivity index (χ1v) is 10.6. The molecule has 11 heteroatoms. The fourth-order valence-electron chi connectivity index (χ4n) is 2.52. The number of hydrogen-bond acceptors (Lipinski definition) is 2. The van der Waals surface area contributed by atoms with Gasteiger partial charge in [0.2, 0.25) is 0 Å². The zero-order valence-corrected chi connectivity index (χ0v) is 19.9. The summed E-state index contributed by atoms with van der Waals surface area (Å²) in [5, 5.41) is -0.211. The third-order valence-electron chi connectivity index (χ3n) is 3.96. The van der Waals surface area contributed by atoms with E-state index in [9.17, 15) is 22.8 Å². The number of amides is 2. The van der Waals surface area contributed by atoms with Crippen molar-refractivity contribution in [3.05, 3.63) is 72.6 Å². The molecule has 4 nitrogen and oxygen atoms in total. The molecule has 2 N–H and O–H groups in total. The Morgan fingerprint density at radius 3 is 2.25 bits per heavy atom. The van der Waals surface area contributed by atoms with Crippen LogP contribution in [0.5, 0.6) is 0 Å². The van der Waals surface area contributed by atoms with Crippen LogP contribution in [0.2, 0.25) is 15.1 Å². The number of alkyl halides is 3. The van der Waals surface area contributed by atoms with Gasteiger partial charge >= 0.3 is 12.1 Å². The molecule has 2 rings (SSSR count). The molecule has 0 saturated heterocycles. The molecule has 32 heavy (non-hydrogen) atoms. The number of allylic oxidation sites excluding steroid dienone is 1. The molecule has 0 aliphatic heterocycles. The molecule has 0 spiro atoms. The van der Waals surface area contributed by atoms with E-state index in [1.165, 1.54) is 31.2 Å². The average Bonchev–Trinajstić information content (AvgIpc) is 2.69. The number of rotatable bonds is 4. The van der Waals surface area contributed by atoms with E-state index < -0.39 is 23.9 Å². The molecule has 0 bridgehead atoms. The molecular weight excluding hydrogens is 556 g/mol. The largest absolute Gasteiger partial charge is 0.399 e. The van der Waals surface area contributed by atoms with Crippen LogP contribution in [0.15, 0.2) is 40.9 Å². The van der Waals surface area contributed by atoms with Crippen LogP contribution in [-0.4, -0.2) is 18.0 Å². The third kappa shape index (κ3) is 6.91. The zero-order valence-electron chi connectivity index (χ0n) is 16.1. The van der Waals surface area contributed by atoms with Crippen molar-refractivity contribution in [2.24, 2.45) is 0 Å². The first-order valence-electron chi connectivity index (χ1n) is 8.66. The summed E-state index contributed by atoms with van der Waals surface area (Å²) in [5.74, 6) is 1.23. The van der Waals surface area contributed by atoms with E-state index in [1.54, 1.807) is 0 Å². The minimum absolute atomic E-state index is 0.0299. The van der Waals surface area contributed by atoms with Gasteiger partial charge < -0.3 is 0 Å². The Morgan fingerprint density at radius 1 is 1.09 bits per heavy atom. The van der Waals surface area contributed by atoms with Gasteiger partial charge in [0.1, 0.15) is 0 Å². The molecule has 2 aromatic carbocycles. The molecule has 0 fully saturated rings. The van der Waals surface area contributed by atoms with Crippen molar-refractivity contribution in [2.75, 3.05) is 0 Å². The zero-order chi connectivity index (χ0) is 24.1. The lowest BCUT2D eigenvalue weighted by atomic mass is 9.97. The molecule has 0 radical (unpaired) electrons. The molecular formula is C21H13BrCl3F3N2O2. The van der Waals surface area contributed by atoms with E-state index in [1.807, 2.05) is 0 Å². The van der Waals surface area contributed by atoms with Crippen molar-refractivity contribution < 1.29 is 22.8 Å². The van der Waals surface area contributed by atoms with Gasteiger partial charge in [-0.25, -0.2) is 0 Å². The lowest BCUT2D eigenvalue weighted by Gasteiger charge is -2.18. The lowest BCUT2D eigenvalue weighted by Crippen LogP contribution is -2.41. The van der Waals surface area contributed by atoms with Crippen LogP contribution in [-0.2, 0) is 4.79 Å². The molecule has 1 unspecified atom stereocenters. The Bertz CT molecular complexity index is 1120. The highest BCUT2D eigenvalue weighted by Gasteiger charge is 2.39.